The van der Waals surface area contributed by atoms with Gasteiger partial charge in [0.2, 0.25) is 5.84 Å². The summed E-state index contributed by atoms with van der Waals surface area (Å²) in [6.07, 6.45) is -4.54. The van der Waals surface area contributed by atoms with Crippen molar-refractivity contribution in [1.82, 2.24) is 0 Å². The van der Waals surface area contributed by atoms with Crippen molar-refractivity contribution in [2.75, 3.05) is 18.2 Å². The number of halogens is 3. The zero-order valence-corrected chi connectivity index (χ0v) is 12.0. The van der Waals surface area contributed by atoms with Gasteiger partial charge in [0.15, 0.2) is 0 Å². The van der Waals surface area contributed by atoms with Crippen molar-refractivity contribution in [3.05, 3.63) is 23.8 Å². The Labute approximate surface area is 120 Å². The number of nitrogens with zero attached hydrogens (tertiary/aromatic N) is 3. The van der Waals surface area contributed by atoms with Gasteiger partial charge in [0, 0.05) is 0 Å². The van der Waals surface area contributed by atoms with Crippen LogP contribution in [0.2, 0.25) is 0 Å². The summed E-state index contributed by atoms with van der Waals surface area (Å²) in [5.41, 5.74) is 1.58. The van der Waals surface area contributed by atoms with Crippen LogP contribution in [0, 0.1) is 6.92 Å². The zero-order valence-electron chi connectivity index (χ0n) is 12.0. The van der Waals surface area contributed by atoms with Crippen molar-refractivity contribution >= 4 is 17.2 Å². The van der Waals surface area contributed by atoms with Gasteiger partial charge in [0.25, 0.3) is 0 Å². The summed E-state index contributed by atoms with van der Waals surface area (Å²) in [6, 6.07) is 4.79. The zero-order chi connectivity index (χ0) is 15.6. The number of aryl methyl sites for hydroxylation is 1. The van der Waals surface area contributed by atoms with Crippen molar-refractivity contribution in [2.45, 2.75) is 26.9 Å². The van der Waals surface area contributed by atoms with E-state index >= 15 is 0 Å². The summed E-state index contributed by atoms with van der Waals surface area (Å²) < 4.78 is 44.5. The van der Waals surface area contributed by atoms with Gasteiger partial charge >= 0.3 is 6.18 Å². The predicted molar refractivity (Wildman–Crippen MR) is 76.3 cm³/mol. The molecule has 0 amide bonds. The molecule has 0 aromatic heterocycles. The number of benzene rings is 1. The number of ether oxygens (including phenoxy) is 1. The largest absolute Gasteiger partial charge is 0.494 e. The van der Waals surface area contributed by atoms with E-state index in [0.29, 0.717) is 23.8 Å². The molecule has 0 saturated heterocycles. The lowest BCUT2D eigenvalue weighted by molar-refractivity contribution is -0.0604. The molecular formula is C14H16F3N3O. The second-order valence-corrected chi connectivity index (χ2v) is 4.67. The molecule has 7 heteroatoms. The molecule has 1 aliphatic rings. The first-order valence-electron chi connectivity index (χ1n) is 6.52. The Morgan fingerprint density at radius 3 is 2.57 bits per heavy atom. The van der Waals surface area contributed by atoms with Crippen molar-refractivity contribution < 1.29 is 17.9 Å². The minimum absolute atomic E-state index is 0.0403. The number of alkyl halides is 3. The lowest BCUT2D eigenvalue weighted by Crippen LogP contribution is -2.41. The van der Waals surface area contributed by atoms with Crippen LogP contribution in [0.3, 0.4) is 0 Å². The molecule has 0 unspecified atom stereocenters. The summed E-state index contributed by atoms with van der Waals surface area (Å²) in [5.74, 6) is -0.360. The van der Waals surface area contributed by atoms with Gasteiger partial charge < -0.3 is 4.74 Å². The quantitative estimate of drug-likeness (QED) is 0.856. The second kappa shape index (κ2) is 5.75. The summed E-state index contributed by atoms with van der Waals surface area (Å²) >= 11 is 0. The summed E-state index contributed by atoms with van der Waals surface area (Å²) in [7, 11) is 0. The van der Waals surface area contributed by atoms with Crippen molar-refractivity contribution in [3.63, 3.8) is 0 Å². The normalized spacial score (nSPS) is 15.6. The fourth-order valence-corrected chi connectivity index (χ4v) is 1.98. The predicted octanol–water partition coefficient (Wildman–Crippen LogP) is 3.55. The molecule has 1 aromatic rings. The van der Waals surface area contributed by atoms with Crippen LogP contribution in [-0.2, 0) is 0 Å². The van der Waals surface area contributed by atoms with Crippen LogP contribution in [0.5, 0.6) is 5.75 Å². The van der Waals surface area contributed by atoms with Gasteiger partial charge in [-0.05, 0) is 44.5 Å². The van der Waals surface area contributed by atoms with Crippen molar-refractivity contribution in [2.24, 2.45) is 10.1 Å². The van der Waals surface area contributed by atoms with Crippen LogP contribution >= 0.6 is 0 Å². The smallest absolute Gasteiger partial charge is 0.451 e. The molecule has 1 aliphatic heterocycles. The molecule has 0 N–H and O–H groups in total. The van der Waals surface area contributed by atoms with Crippen LogP contribution < -0.4 is 9.75 Å². The van der Waals surface area contributed by atoms with E-state index in [4.69, 9.17) is 4.74 Å². The van der Waals surface area contributed by atoms with E-state index in [1.165, 1.54) is 0 Å². The molecule has 1 heterocycles. The molecule has 4 nitrogen and oxygen atoms in total. The van der Waals surface area contributed by atoms with Crippen LogP contribution in [-0.4, -0.2) is 30.9 Å². The standard InChI is InChI=1S/C14H16F3N3O/c1-4-21-12-6-5-11(7-9(12)2)20-13(14(15,16)17)18-8-10(3)19-20/h5-7H,4,8H2,1-3H3. The van der Waals surface area contributed by atoms with E-state index in [9.17, 15) is 13.2 Å². The molecule has 0 bridgehead atoms. The monoisotopic (exact) mass is 299 g/mol. The number of anilines is 1. The Hall–Kier alpha value is -2.05. The maximum absolute atomic E-state index is 13.0. The molecule has 0 aliphatic carbocycles. The van der Waals surface area contributed by atoms with Crippen LogP contribution in [0.25, 0.3) is 0 Å². The highest BCUT2D eigenvalue weighted by Crippen LogP contribution is 2.30. The van der Waals surface area contributed by atoms with E-state index in [0.717, 1.165) is 10.6 Å². The molecular weight excluding hydrogens is 283 g/mol. The Kier molecular flexibility index (Phi) is 4.20. The summed E-state index contributed by atoms with van der Waals surface area (Å²) in [5, 5.41) is 4.81. The number of hydrogen-bond donors (Lipinski definition) is 0. The highest BCUT2D eigenvalue weighted by molar-refractivity contribution is 6.06. The van der Waals surface area contributed by atoms with E-state index in [-0.39, 0.29) is 6.54 Å². The summed E-state index contributed by atoms with van der Waals surface area (Å²) in [4.78, 5) is 3.58. The fraction of sp³-hybridized carbons (Fsp3) is 0.429. The Morgan fingerprint density at radius 2 is 2.00 bits per heavy atom. The van der Waals surface area contributed by atoms with Gasteiger partial charge in [-0.2, -0.15) is 18.3 Å². The lowest BCUT2D eigenvalue weighted by atomic mass is 10.2. The lowest BCUT2D eigenvalue weighted by Gasteiger charge is -2.26. The SMILES string of the molecule is CCOc1ccc(N2N=C(C)CN=C2C(F)(F)F)cc1C. The van der Waals surface area contributed by atoms with E-state index < -0.39 is 12.0 Å². The van der Waals surface area contributed by atoms with Gasteiger partial charge in [-0.3, -0.25) is 4.99 Å². The topological polar surface area (TPSA) is 37.2 Å². The molecule has 1 aromatic carbocycles. The highest BCUT2D eigenvalue weighted by Gasteiger charge is 2.42. The van der Waals surface area contributed by atoms with Crippen LogP contribution in [0.1, 0.15) is 19.4 Å². The molecule has 2 rings (SSSR count). The highest BCUT2D eigenvalue weighted by atomic mass is 19.4. The molecule has 0 saturated carbocycles. The Morgan fingerprint density at radius 1 is 1.29 bits per heavy atom. The molecule has 0 atom stereocenters. The van der Waals surface area contributed by atoms with E-state index in [1.807, 2.05) is 6.92 Å². The Bertz CT molecular complexity index is 594. The molecule has 114 valence electrons. The number of hydrazone groups is 1. The minimum Gasteiger partial charge on any atom is -0.494 e. The maximum atomic E-state index is 13.0. The molecule has 0 radical (unpaired) electrons. The molecule has 21 heavy (non-hydrogen) atoms. The summed E-state index contributed by atoms with van der Waals surface area (Å²) in [6.45, 7) is 5.72. The van der Waals surface area contributed by atoms with Gasteiger partial charge in [-0.1, -0.05) is 0 Å². The number of rotatable bonds is 3. The first kappa shape index (κ1) is 15.3. The average molecular weight is 299 g/mol. The number of amidine groups is 1. The first-order valence-corrected chi connectivity index (χ1v) is 6.52. The third-order valence-electron chi connectivity index (χ3n) is 2.89. The van der Waals surface area contributed by atoms with E-state index in [2.05, 4.69) is 10.1 Å². The fourth-order valence-electron chi connectivity index (χ4n) is 1.98. The average Bonchev–Trinajstić information content (AvgIpc) is 2.39. The van der Waals surface area contributed by atoms with Crippen LogP contribution in [0.4, 0.5) is 18.9 Å². The number of hydrogen-bond acceptors (Lipinski definition) is 4. The third-order valence-corrected chi connectivity index (χ3v) is 2.89. The Balaban J connectivity index is 2.40. The van der Waals surface area contributed by atoms with Gasteiger partial charge in [0.05, 0.1) is 24.6 Å². The number of aliphatic imine (C=N–C) groups is 1. The molecule has 0 spiro atoms. The van der Waals surface area contributed by atoms with Crippen molar-refractivity contribution in [1.29, 1.82) is 0 Å². The van der Waals surface area contributed by atoms with Crippen LogP contribution in [0.15, 0.2) is 28.3 Å². The van der Waals surface area contributed by atoms with E-state index in [1.54, 1.807) is 32.0 Å². The van der Waals surface area contributed by atoms with Gasteiger partial charge in [-0.15, -0.1) is 0 Å². The van der Waals surface area contributed by atoms with Crippen molar-refractivity contribution in [3.8, 4) is 5.75 Å². The second-order valence-electron chi connectivity index (χ2n) is 4.67. The molecule has 0 fully saturated rings. The van der Waals surface area contributed by atoms with Gasteiger partial charge in [0.1, 0.15) is 5.75 Å². The third kappa shape index (κ3) is 3.34. The maximum Gasteiger partial charge on any atom is 0.451 e. The van der Waals surface area contributed by atoms with Gasteiger partial charge in [-0.25, -0.2) is 5.01 Å². The first-order chi connectivity index (χ1) is 9.82. The minimum atomic E-state index is -4.54.